The van der Waals surface area contributed by atoms with Crippen LogP contribution in [0.1, 0.15) is 17.2 Å². The molecule has 1 atom stereocenters. The predicted molar refractivity (Wildman–Crippen MR) is 94.0 cm³/mol. The molecular formula is C18H15BrClN. The molecule has 3 aromatic rings. The summed E-state index contributed by atoms with van der Waals surface area (Å²) in [6.07, 6.45) is 0. The monoisotopic (exact) mass is 359 g/mol. The van der Waals surface area contributed by atoms with Gasteiger partial charge in [0.15, 0.2) is 0 Å². The van der Waals surface area contributed by atoms with Crippen LogP contribution in [0.25, 0.3) is 10.8 Å². The topological polar surface area (TPSA) is 12.0 Å². The highest BCUT2D eigenvalue weighted by atomic mass is 79.9. The van der Waals surface area contributed by atoms with Crippen LogP contribution >= 0.6 is 27.5 Å². The van der Waals surface area contributed by atoms with Crippen LogP contribution in [0.15, 0.2) is 65.1 Å². The van der Waals surface area contributed by atoms with Gasteiger partial charge in [0, 0.05) is 4.47 Å². The molecule has 21 heavy (non-hydrogen) atoms. The minimum atomic E-state index is 0.113. The van der Waals surface area contributed by atoms with Crippen LogP contribution in [0.4, 0.5) is 0 Å². The van der Waals surface area contributed by atoms with E-state index in [1.807, 2.05) is 19.2 Å². The Morgan fingerprint density at radius 2 is 1.76 bits per heavy atom. The second-order valence-electron chi connectivity index (χ2n) is 4.96. The first kappa shape index (κ1) is 14.6. The maximum Gasteiger partial charge on any atom is 0.0580 e. The van der Waals surface area contributed by atoms with E-state index in [0.717, 1.165) is 15.1 Å². The molecule has 1 nitrogen and oxygen atoms in total. The number of halogens is 2. The molecule has 0 aliphatic heterocycles. The molecular weight excluding hydrogens is 346 g/mol. The number of rotatable bonds is 3. The maximum absolute atomic E-state index is 6.25. The molecule has 0 saturated carbocycles. The van der Waals surface area contributed by atoms with E-state index in [2.05, 4.69) is 69.8 Å². The lowest BCUT2D eigenvalue weighted by Crippen LogP contribution is -2.18. The quantitative estimate of drug-likeness (QED) is 0.644. The third-order valence-corrected chi connectivity index (χ3v) is 4.93. The third-order valence-electron chi connectivity index (χ3n) is 3.70. The molecule has 0 saturated heterocycles. The Kier molecular flexibility index (Phi) is 4.29. The Labute approximate surface area is 138 Å². The molecule has 3 heteroatoms. The van der Waals surface area contributed by atoms with Crippen LogP contribution in [0.5, 0.6) is 0 Å². The van der Waals surface area contributed by atoms with Gasteiger partial charge < -0.3 is 5.32 Å². The van der Waals surface area contributed by atoms with Crippen molar-refractivity contribution >= 4 is 38.3 Å². The van der Waals surface area contributed by atoms with Gasteiger partial charge in [-0.2, -0.15) is 0 Å². The molecule has 0 radical (unpaired) electrons. The summed E-state index contributed by atoms with van der Waals surface area (Å²) in [5.74, 6) is 0. The second-order valence-corrected chi connectivity index (χ2v) is 6.23. The van der Waals surface area contributed by atoms with E-state index >= 15 is 0 Å². The van der Waals surface area contributed by atoms with E-state index in [4.69, 9.17) is 11.6 Å². The van der Waals surface area contributed by atoms with Crippen molar-refractivity contribution in [3.63, 3.8) is 0 Å². The van der Waals surface area contributed by atoms with E-state index in [0.29, 0.717) is 0 Å². The Bertz CT molecular complexity index is 780. The number of hydrogen-bond acceptors (Lipinski definition) is 1. The zero-order chi connectivity index (χ0) is 14.8. The first-order valence-corrected chi connectivity index (χ1v) is 7.97. The molecule has 3 rings (SSSR count). The van der Waals surface area contributed by atoms with Crippen molar-refractivity contribution in [3.8, 4) is 0 Å². The van der Waals surface area contributed by atoms with E-state index in [1.54, 1.807) is 0 Å². The van der Waals surface area contributed by atoms with Crippen molar-refractivity contribution in [2.45, 2.75) is 6.04 Å². The fourth-order valence-electron chi connectivity index (χ4n) is 2.70. The molecule has 3 aromatic carbocycles. The number of fused-ring (bicyclic) bond motifs is 1. The molecule has 0 aromatic heterocycles. The van der Waals surface area contributed by atoms with Gasteiger partial charge in [0.05, 0.1) is 11.1 Å². The van der Waals surface area contributed by atoms with Gasteiger partial charge in [0.2, 0.25) is 0 Å². The van der Waals surface area contributed by atoms with Crippen LogP contribution in [0.2, 0.25) is 5.02 Å². The summed E-state index contributed by atoms with van der Waals surface area (Å²) in [6.45, 7) is 0. The molecule has 0 amide bonds. The van der Waals surface area contributed by atoms with Crippen molar-refractivity contribution in [1.82, 2.24) is 5.32 Å². The van der Waals surface area contributed by atoms with E-state index in [9.17, 15) is 0 Å². The largest absolute Gasteiger partial charge is 0.309 e. The van der Waals surface area contributed by atoms with Crippen molar-refractivity contribution in [2.75, 3.05) is 7.05 Å². The van der Waals surface area contributed by atoms with Crippen molar-refractivity contribution in [1.29, 1.82) is 0 Å². The van der Waals surface area contributed by atoms with Gasteiger partial charge in [-0.25, -0.2) is 0 Å². The zero-order valence-corrected chi connectivity index (χ0v) is 13.9. The van der Waals surface area contributed by atoms with Crippen molar-refractivity contribution in [2.24, 2.45) is 0 Å². The molecule has 106 valence electrons. The van der Waals surface area contributed by atoms with Crippen LogP contribution in [0, 0.1) is 0 Å². The fourth-order valence-corrected chi connectivity index (χ4v) is 3.13. The molecule has 0 heterocycles. The highest BCUT2D eigenvalue weighted by Crippen LogP contribution is 2.32. The minimum absolute atomic E-state index is 0.113. The van der Waals surface area contributed by atoms with E-state index < -0.39 is 0 Å². The number of benzene rings is 3. The minimum Gasteiger partial charge on any atom is -0.309 e. The predicted octanol–water partition coefficient (Wildman–Crippen LogP) is 5.56. The summed E-state index contributed by atoms with van der Waals surface area (Å²) in [7, 11) is 1.97. The summed E-state index contributed by atoms with van der Waals surface area (Å²) >= 11 is 9.69. The van der Waals surface area contributed by atoms with Gasteiger partial charge in [-0.3, -0.25) is 0 Å². The molecule has 0 bridgehead atoms. The number of hydrogen-bond donors (Lipinski definition) is 1. The van der Waals surface area contributed by atoms with Crippen LogP contribution in [-0.4, -0.2) is 7.05 Å². The maximum atomic E-state index is 6.25. The van der Waals surface area contributed by atoms with Gasteiger partial charge in [0.25, 0.3) is 0 Å². The molecule has 1 unspecified atom stereocenters. The standard InChI is InChI=1S/C18H15BrClN/c1-21-18(13-9-10-16(19)17(20)11-13)15-8-4-6-12-5-2-3-7-14(12)15/h2-11,18,21H,1H3. The Morgan fingerprint density at radius 3 is 2.52 bits per heavy atom. The van der Waals surface area contributed by atoms with Gasteiger partial charge in [-0.1, -0.05) is 60.1 Å². The fraction of sp³-hybridized carbons (Fsp3) is 0.111. The Morgan fingerprint density at radius 1 is 1.00 bits per heavy atom. The highest BCUT2D eigenvalue weighted by molar-refractivity contribution is 9.10. The van der Waals surface area contributed by atoms with Crippen LogP contribution < -0.4 is 5.32 Å². The molecule has 0 aliphatic carbocycles. The lowest BCUT2D eigenvalue weighted by atomic mass is 9.94. The van der Waals surface area contributed by atoms with Gasteiger partial charge in [0.1, 0.15) is 0 Å². The van der Waals surface area contributed by atoms with Crippen molar-refractivity contribution < 1.29 is 0 Å². The first-order valence-electron chi connectivity index (χ1n) is 6.80. The van der Waals surface area contributed by atoms with E-state index in [-0.39, 0.29) is 6.04 Å². The zero-order valence-electron chi connectivity index (χ0n) is 11.6. The molecule has 0 aliphatic rings. The summed E-state index contributed by atoms with van der Waals surface area (Å²) < 4.78 is 0.917. The molecule has 1 N–H and O–H groups in total. The number of nitrogens with one attached hydrogen (secondary N) is 1. The summed E-state index contributed by atoms with van der Waals surface area (Å²) in [4.78, 5) is 0. The summed E-state index contributed by atoms with van der Waals surface area (Å²) in [5, 5.41) is 6.64. The summed E-state index contributed by atoms with van der Waals surface area (Å²) in [5.41, 5.74) is 2.41. The first-order chi connectivity index (χ1) is 10.2. The van der Waals surface area contributed by atoms with Crippen molar-refractivity contribution in [3.05, 3.63) is 81.3 Å². The normalized spacial score (nSPS) is 12.5. The van der Waals surface area contributed by atoms with Crippen LogP contribution in [-0.2, 0) is 0 Å². The van der Waals surface area contributed by atoms with E-state index in [1.165, 1.54) is 16.3 Å². The smallest absolute Gasteiger partial charge is 0.0580 e. The summed E-state index contributed by atoms with van der Waals surface area (Å²) in [6, 6.07) is 21.1. The average molecular weight is 361 g/mol. The van der Waals surface area contributed by atoms with Gasteiger partial charge in [-0.05, 0) is 57.0 Å². The van der Waals surface area contributed by atoms with Crippen LogP contribution in [0.3, 0.4) is 0 Å². The SMILES string of the molecule is CNC(c1ccc(Br)c(Cl)c1)c1cccc2ccccc12. The Balaban J connectivity index is 2.16. The van der Waals surface area contributed by atoms with Gasteiger partial charge >= 0.3 is 0 Å². The lowest BCUT2D eigenvalue weighted by Gasteiger charge is -2.20. The lowest BCUT2D eigenvalue weighted by molar-refractivity contribution is 0.697. The second kappa shape index (κ2) is 6.18. The average Bonchev–Trinajstić information content (AvgIpc) is 2.52. The Hall–Kier alpha value is -1.35. The molecule has 0 spiro atoms. The van der Waals surface area contributed by atoms with Gasteiger partial charge in [-0.15, -0.1) is 0 Å². The third kappa shape index (κ3) is 2.84. The highest BCUT2D eigenvalue weighted by Gasteiger charge is 2.15. The molecule has 0 fully saturated rings.